The third-order valence-electron chi connectivity index (χ3n) is 2.13. The van der Waals surface area contributed by atoms with E-state index in [0.717, 1.165) is 16.1 Å². The molecule has 3 nitrogen and oxygen atoms in total. The molecular weight excluding hydrogens is 222 g/mol. The Balaban J connectivity index is 2.65. The number of hydrogen-bond acceptors (Lipinski definition) is 3. The lowest BCUT2D eigenvalue weighted by atomic mass is 10.2. The van der Waals surface area contributed by atoms with Gasteiger partial charge in [0, 0.05) is 21.9 Å². The van der Waals surface area contributed by atoms with Crippen LogP contribution in [0.3, 0.4) is 0 Å². The zero-order valence-corrected chi connectivity index (χ0v) is 10.2. The summed E-state index contributed by atoms with van der Waals surface area (Å²) in [7, 11) is 0. The molecule has 0 aliphatic carbocycles. The average molecular weight is 237 g/mol. The van der Waals surface area contributed by atoms with Crippen LogP contribution in [0.1, 0.15) is 12.5 Å². The van der Waals surface area contributed by atoms with Crippen LogP contribution >= 0.6 is 11.8 Å². The molecule has 0 spiro atoms. The van der Waals surface area contributed by atoms with E-state index in [4.69, 9.17) is 10.8 Å². The summed E-state index contributed by atoms with van der Waals surface area (Å²) in [4.78, 5) is 11.6. The van der Waals surface area contributed by atoms with Crippen molar-refractivity contribution < 1.29 is 9.90 Å². The first-order valence-corrected chi connectivity index (χ1v) is 5.88. The van der Waals surface area contributed by atoms with E-state index >= 15 is 0 Å². The third kappa shape index (κ3) is 3.62. The van der Waals surface area contributed by atoms with Gasteiger partial charge in [-0.2, -0.15) is 0 Å². The number of aryl methyl sites for hydroxylation is 1. The molecule has 1 rings (SSSR count). The molecule has 0 bridgehead atoms. The van der Waals surface area contributed by atoms with Crippen molar-refractivity contribution in [2.45, 2.75) is 18.7 Å². The first-order chi connectivity index (χ1) is 7.50. The van der Waals surface area contributed by atoms with Crippen LogP contribution in [-0.2, 0) is 4.79 Å². The number of rotatable bonds is 4. The van der Waals surface area contributed by atoms with E-state index in [0.29, 0.717) is 11.3 Å². The van der Waals surface area contributed by atoms with Gasteiger partial charge in [0.25, 0.3) is 0 Å². The van der Waals surface area contributed by atoms with Crippen molar-refractivity contribution in [3.8, 4) is 0 Å². The molecule has 86 valence electrons. The van der Waals surface area contributed by atoms with Crippen LogP contribution in [-0.4, -0.2) is 16.8 Å². The molecule has 0 radical (unpaired) electrons. The van der Waals surface area contributed by atoms with Crippen LogP contribution in [0.4, 0.5) is 5.69 Å². The molecule has 0 aliphatic rings. The van der Waals surface area contributed by atoms with Gasteiger partial charge in [-0.05, 0) is 31.5 Å². The first-order valence-electron chi connectivity index (χ1n) is 4.89. The predicted octanol–water partition coefficient (Wildman–Crippen LogP) is 2.70. The highest BCUT2D eigenvalue weighted by Crippen LogP contribution is 2.26. The van der Waals surface area contributed by atoms with Crippen molar-refractivity contribution in [2.24, 2.45) is 0 Å². The fourth-order valence-corrected chi connectivity index (χ4v) is 2.13. The van der Waals surface area contributed by atoms with Gasteiger partial charge in [0.1, 0.15) is 0 Å². The zero-order valence-electron chi connectivity index (χ0n) is 9.36. The lowest BCUT2D eigenvalue weighted by molar-refractivity contribution is -0.132. The largest absolute Gasteiger partial charge is 0.478 e. The molecule has 0 heterocycles. The van der Waals surface area contributed by atoms with Crippen molar-refractivity contribution in [1.82, 2.24) is 0 Å². The van der Waals surface area contributed by atoms with Crippen LogP contribution in [0.5, 0.6) is 0 Å². The normalized spacial score (nSPS) is 11.5. The third-order valence-corrected chi connectivity index (χ3v) is 3.13. The van der Waals surface area contributed by atoms with Gasteiger partial charge in [-0.3, -0.25) is 0 Å². The Morgan fingerprint density at radius 2 is 2.25 bits per heavy atom. The standard InChI is InChI=1S/C12H15NO2S/c1-8-3-4-10(13)11(7-8)16-6-5-9(2)12(14)15/h3-5,7H,6,13H2,1-2H3,(H,14,15). The SMILES string of the molecule is CC(=CCSc1cc(C)ccc1N)C(=O)O. The second kappa shape index (κ2) is 5.61. The van der Waals surface area contributed by atoms with Gasteiger partial charge in [-0.15, -0.1) is 11.8 Å². The second-order valence-electron chi connectivity index (χ2n) is 3.54. The number of carboxylic acids is 1. The molecule has 0 saturated carbocycles. The molecule has 4 heteroatoms. The van der Waals surface area contributed by atoms with Gasteiger partial charge in [0.15, 0.2) is 0 Å². The smallest absolute Gasteiger partial charge is 0.330 e. The van der Waals surface area contributed by atoms with E-state index in [1.807, 2.05) is 25.1 Å². The quantitative estimate of drug-likeness (QED) is 0.480. The Morgan fingerprint density at radius 1 is 1.56 bits per heavy atom. The summed E-state index contributed by atoms with van der Waals surface area (Å²) in [6.07, 6.45) is 1.69. The summed E-state index contributed by atoms with van der Waals surface area (Å²) in [5, 5.41) is 8.68. The fraction of sp³-hybridized carbons (Fsp3) is 0.250. The van der Waals surface area contributed by atoms with Gasteiger partial charge in [0.2, 0.25) is 0 Å². The number of nitrogen functional groups attached to an aromatic ring is 1. The number of benzene rings is 1. The Hall–Kier alpha value is -1.42. The lowest BCUT2D eigenvalue weighted by Crippen LogP contribution is -1.96. The molecule has 0 aliphatic heterocycles. The van der Waals surface area contributed by atoms with Crippen LogP contribution in [0.15, 0.2) is 34.7 Å². The van der Waals surface area contributed by atoms with Crippen molar-refractivity contribution in [2.75, 3.05) is 11.5 Å². The minimum Gasteiger partial charge on any atom is -0.478 e. The monoisotopic (exact) mass is 237 g/mol. The molecule has 0 saturated heterocycles. The number of aliphatic carboxylic acids is 1. The summed E-state index contributed by atoms with van der Waals surface area (Å²) in [6, 6.07) is 5.83. The highest BCUT2D eigenvalue weighted by Gasteiger charge is 2.01. The highest BCUT2D eigenvalue weighted by atomic mass is 32.2. The zero-order chi connectivity index (χ0) is 12.1. The van der Waals surface area contributed by atoms with Gasteiger partial charge < -0.3 is 10.8 Å². The van der Waals surface area contributed by atoms with Gasteiger partial charge >= 0.3 is 5.97 Å². The predicted molar refractivity (Wildman–Crippen MR) is 67.7 cm³/mol. The maximum atomic E-state index is 10.6. The van der Waals surface area contributed by atoms with Gasteiger partial charge in [0.05, 0.1) is 0 Å². The number of carbonyl (C=O) groups is 1. The highest BCUT2D eigenvalue weighted by molar-refractivity contribution is 7.99. The van der Waals surface area contributed by atoms with Crippen molar-refractivity contribution in [3.05, 3.63) is 35.4 Å². The first kappa shape index (κ1) is 12.6. The molecule has 1 aromatic carbocycles. The minimum atomic E-state index is -0.877. The molecular formula is C12H15NO2S. The maximum absolute atomic E-state index is 10.6. The Kier molecular flexibility index (Phi) is 4.43. The Labute approximate surface area is 99.4 Å². The van der Waals surface area contributed by atoms with Gasteiger partial charge in [-0.1, -0.05) is 12.1 Å². The van der Waals surface area contributed by atoms with Crippen molar-refractivity contribution >= 4 is 23.4 Å². The molecule has 0 unspecified atom stereocenters. The number of anilines is 1. The number of carboxylic acid groups (broad SMARTS) is 1. The molecule has 16 heavy (non-hydrogen) atoms. The summed E-state index contributed by atoms with van der Waals surface area (Å²) in [5.41, 5.74) is 8.05. The van der Waals surface area contributed by atoms with E-state index in [-0.39, 0.29) is 0 Å². The van der Waals surface area contributed by atoms with E-state index in [9.17, 15) is 4.79 Å². The number of thioether (sulfide) groups is 1. The van der Waals surface area contributed by atoms with Crippen LogP contribution in [0, 0.1) is 6.92 Å². The van der Waals surface area contributed by atoms with Crippen molar-refractivity contribution in [3.63, 3.8) is 0 Å². The molecule has 0 fully saturated rings. The van der Waals surface area contributed by atoms with E-state index in [2.05, 4.69) is 0 Å². The van der Waals surface area contributed by atoms with Crippen LogP contribution in [0.25, 0.3) is 0 Å². The maximum Gasteiger partial charge on any atom is 0.330 e. The summed E-state index contributed by atoms with van der Waals surface area (Å²) >= 11 is 1.54. The Bertz CT molecular complexity index is 427. The lowest BCUT2D eigenvalue weighted by Gasteiger charge is -2.04. The average Bonchev–Trinajstić information content (AvgIpc) is 2.22. The molecule has 3 N–H and O–H groups in total. The van der Waals surface area contributed by atoms with Crippen LogP contribution < -0.4 is 5.73 Å². The summed E-state index contributed by atoms with van der Waals surface area (Å²) < 4.78 is 0. The van der Waals surface area contributed by atoms with E-state index in [1.165, 1.54) is 0 Å². The Morgan fingerprint density at radius 3 is 2.88 bits per heavy atom. The molecule has 1 aromatic rings. The fourth-order valence-electron chi connectivity index (χ4n) is 1.11. The molecule has 0 aromatic heterocycles. The van der Waals surface area contributed by atoms with Gasteiger partial charge in [-0.25, -0.2) is 4.79 Å². The van der Waals surface area contributed by atoms with Crippen molar-refractivity contribution in [1.29, 1.82) is 0 Å². The summed E-state index contributed by atoms with van der Waals surface area (Å²) in [5.74, 6) is -0.260. The minimum absolute atomic E-state index is 0.360. The van der Waals surface area contributed by atoms with E-state index in [1.54, 1.807) is 24.8 Å². The number of hydrogen-bond donors (Lipinski definition) is 2. The second-order valence-corrected chi connectivity index (χ2v) is 4.61. The molecule has 0 atom stereocenters. The number of nitrogens with two attached hydrogens (primary N) is 1. The van der Waals surface area contributed by atoms with Crippen LogP contribution in [0.2, 0.25) is 0 Å². The molecule has 0 amide bonds. The van der Waals surface area contributed by atoms with E-state index < -0.39 is 5.97 Å². The summed E-state index contributed by atoms with van der Waals surface area (Å²) in [6.45, 7) is 3.59. The topological polar surface area (TPSA) is 63.3 Å².